The van der Waals surface area contributed by atoms with Crippen LogP contribution in [0.4, 0.5) is 10.5 Å². The van der Waals surface area contributed by atoms with Gasteiger partial charge in [-0.15, -0.1) is 0 Å². The van der Waals surface area contributed by atoms with Gasteiger partial charge in [0.2, 0.25) is 0 Å². The van der Waals surface area contributed by atoms with Crippen LogP contribution in [0.5, 0.6) is 0 Å². The normalized spacial score (nSPS) is 23.7. The second kappa shape index (κ2) is 13.5. The molecule has 3 fully saturated rings. The van der Waals surface area contributed by atoms with E-state index in [1.54, 1.807) is 4.90 Å². The van der Waals surface area contributed by atoms with E-state index in [1.807, 2.05) is 12.1 Å². The molecular formula is C38H51N3O5. The molecule has 3 saturated heterocycles. The number of rotatable bonds is 15. The Hall–Kier alpha value is -3.17. The number of epoxide rings is 3. The number of allylic oxidation sites excluding steroid dienone is 4. The molecule has 0 radical (unpaired) electrons. The molecule has 8 nitrogen and oxygen atoms in total. The molecule has 6 rings (SSSR count). The Balaban J connectivity index is 1.15. The van der Waals surface area contributed by atoms with Crippen LogP contribution in [-0.4, -0.2) is 87.0 Å². The third-order valence-corrected chi connectivity index (χ3v) is 10.2. The Bertz CT molecular complexity index is 1410. The molecule has 2 amide bonds. The first-order valence-electron chi connectivity index (χ1n) is 16.9. The SMILES string of the molecule is CC1CC(N(CC2CO2)CC2CO2)=CC=C1C(C)(C)c1ccc(C(C)(C)c2ccc(N(CC3CO3)C(=O)NCCCO)cc2)cc1. The van der Waals surface area contributed by atoms with E-state index in [1.165, 1.54) is 28.0 Å². The molecule has 2 aromatic carbocycles. The Labute approximate surface area is 274 Å². The summed E-state index contributed by atoms with van der Waals surface area (Å²) in [6.07, 6.45) is 7.07. The van der Waals surface area contributed by atoms with Crippen LogP contribution in [0, 0.1) is 5.92 Å². The van der Waals surface area contributed by atoms with Crippen molar-refractivity contribution in [1.29, 1.82) is 0 Å². The van der Waals surface area contributed by atoms with E-state index in [2.05, 4.69) is 93.4 Å². The van der Waals surface area contributed by atoms with Crippen molar-refractivity contribution in [3.63, 3.8) is 0 Å². The van der Waals surface area contributed by atoms with Gasteiger partial charge in [0.1, 0.15) is 0 Å². The molecule has 8 heteroatoms. The van der Waals surface area contributed by atoms with Crippen molar-refractivity contribution < 1.29 is 24.1 Å². The Morgan fingerprint density at radius 2 is 1.30 bits per heavy atom. The molecule has 2 aromatic rings. The largest absolute Gasteiger partial charge is 0.396 e. The van der Waals surface area contributed by atoms with Gasteiger partial charge in [0.05, 0.1) is 44.7 Å². The van der Waals surface area contributed by atoms with Crippen molar-refractivity contribution in [3.8, 4) is 0 Å². The van der Waals surface area contributed by atoms with Crippen LogP contribution in [0.25, 0.3) is 0 Å². The summed E-state index contributed by atoms with van der Waals surface area (Å²) in [5.74, 6) is 0.440. The van der Waals surface area contributed by atoms with Gasteiger partial charge in [-0.1, -0.05) is 82.7 Å². The summed E-state index contributed by atoms with van der Waals surface area (Å²) >= 11 is 0. The topological polar surface area (TPSA) is 93.4 Å². The van der Waals surface area contributed by atoms with Crippen molar-refractivity contribution >= 4 is 11.7 Å². The van der Waals surface area contributed by atoms with Crippen LogP contribution in [0.15, 0.2) is 72.0 Å². The number of hydrogen-bond acceptors (Lipinski definition) is 6. The molecule has 4 unspecified atom stereocenters. The maximum atomic E-state index is 12.9. The lowest BCUT2D eigenvalue weighted by atomic mass is 9.69. The third-order valence-electron chi connectivity index (χ3n) is 10.2. The molecular weight excluding hydrogens is 578 g/mol. The molecule has 0 spiro atoms. The summed E-state index contributed by atoms with van der Waals surface area (Å²) in [7, 11) is 0. The van der Waals surface area contributed by atoms with E-state index in [0.29, 0.717) is 44.2 Å². The Morgan fingerprint density at radius 3 is 1.80 bits per heavy atom. The van der Waals surface area contributed by atoms with E-state index in [4.69, 9.17) is 19.3 Å². The van der Waals surface area contributed by atoms with E-state index in [-0.39, 0.29) is 29.6 Å². The molecule has 4 aliphatic rings. The number of ether oxygens (including phenoxy) is 3. The first-order valence-corrected chi connectivity index (χ1v) is 16.9. The number of nitrogens with zero attached hydrogens (tertiary/aromatic N) is 2. The highest BCUT2D eigenvalue weighted by molar-refractivity contribution is 5.92. The zero-order valence-corrected chi connectivity index (χ0v) is 28.1. The van der Waals surface area contributed by atoms with Crippen LogP contribution < -0.4 is 10.2 Å². The summed E-state index contributed by atoms with van der Waals surface area (Å²) in [6.45, 7) is 16.9. The van der Waals surface area contributed by atoms with Crippen molar-refractivity contribution in [2.24, 2.45) is 5.92 Å². The zero-order valence-electron chi connectivity index (χ0n) is 28.1. The van der Waals surface area contributed by atoms with Gasteiger partial charge in [-0.05, 0) is 53.7 Å². The van der Waals surface area contributed by atoms with Crippen LogP contribution in [0.1, 0.15) is 64.2 Å². The highest BCUT2D eigenvalue weighted by Gasteiger charge is 2.36. The molecule has 46 heavy (non-hydrogen) atoms. The second-order valence-corrected chi connectivity index (χ2v) is 14.5. The zero-order chi connectivity index (χ0) is 32.5. The lowest BCUT2D eigenvalue weighted by molar-refractivity contribution is 0.242. The molecule has 248 valence electrons. The molecule has 0 bridgehead atoms. The number of amides is 2. The molecule has 0 aromatic heterocycles. The van der Waals surface area contributed by atoms with Gasteiger partial charge < -0.3 is 29.5 Å². The predicted octanol–water partition coefficient (Wildman–Crippen LogP) is 5.54. The van der Waals surface area contributed by atoms with Crippen molar-refractivity contribution in [3.05, 3.63) is 88.6 Å². The number of aliphatic hydroxyl groups excluding tert-OH is 1. The van der Waals surface area contributed by atoms with Crippen LogP contribution >= 0.6 is 0 Å². The number of urea groups is 1. The number of benzene rings is 2. The number of anilines is 1. The van der Waals surface area contributed by atoms with Gasteiger partial charge in [0.25, 0.3) is 0 Å². The van der Waals surface area contributed by atoms with Crippen molar-refractivity contribution in [2.45, 2.75) is 76.6 Å². The van der Waals surface area contributed by atoms with Crippen molar-refractivity contribution in [1.82, 2.24) is 10.2 Å². The molecule has 3 aliphatic heterocycles. The highest BCUT2D eigenvalue weighted by atomic mass is 16.6. The first-order chi connectivity index (χ1) is 22.1. The van der Waals surface area contributed by atoms with Gasteiger partial charge in [0, 0.05) is 48.5 Å². The van der Waals surface area contributed by atoms with E-state index < -0.39 is 0 Å². The van der Waals surface area contributed by atoms with Gasteiger partial charge in [-0.25, -0.2) is 4.79 Å². The second-order valence-electron chi connectivity index (χ2n) is 14.5. The summed E-state index contributed by atoms with van der Waals surface area (Å²) in [5.41, 5.74) is 7.14. The first kappa shape index (κ1) is 32.8. The molecule has 1 aliphatic carbocycles. The van der Waals surface area contributed by atoms with E-state index in [0.717, 1.165) is 38.4 Å². The molecule has 3 heterocycles. The van der Waals surface area contributed by atoms with Crippen molar-refractivity contribution in [2.75, 3.05) is 57.5 Å². The van der Waals surface area contributed by atoms with Gasteiger partial charge in [0.15, 0.2) is 0 Å². The van der Waals surface area contributed by atoms with E-state index >= 15 is 0 Å². The highest BCUT2D eigenvalue weighted by Crippen LogP contribution is 2.42. The van der Waals surface area contributed by atoms with Crippen LogP contribution in [0.3, 0.4) is 0 Å². The Kier molecular flexibility index (Phi) is 9.62. The maximum Gasteiger partial charge on any atom is 0.321 e. The molecule has 4 atom stereocenters. The number of aliphatic hydroxyl groups is 1. The van der Waals surface area contributed by atoms with E-state index in [9.17, 15) is 4.79 Å². The summed E-state index contributed by atoms with van der Waals surface area (Å²) in [4.78, 5) is 17.1. The number of carbonyl (C=O) groups is 1. The maximum absolute atomic E-state index is 12.9. The molecule has 0 saturated carbocycles. The average molecular weight is 630 g/mol. The fraction of sp³-hybridized carbons (Fsp3) is 0.553. The van der Waals surface area contributed by atoms with Gasteiger partial charge >= 0.3 is 6.03 Å². The minimum absolute atomic E-state index is 0.0515. The molecule has 2 N–H and O–H groups in total. The lowest BCUT2D eigenvalue weighted by Gasteiger charge is -2.38. The van der Waals surface area contributed by atoms with Gasteiger partial charge in [-0.3, -0.25) is 4.90 Å². The Morgan fingerprint density at radius 1 is 0.804 bits per heavy atom. The summed E-state index contributed by atoms with van der Waals surface area (Å²) in [5, 5.41) is 12.0. The van der Waals surface area contributed by atoms with Gasteiger partial charge in [-0.2, -0.15) is 0 Å². The number of nitrogens with one attached hydrogen (secondary N) is 1. The minimum atomic E-state index is -0.218. The monoisotopic (exact) mass is 629 g/mol. The average Bonchev–Trinajstić information content (AvgIpc) is 3.89. The van der Waals surface area contributed by atoms with Crippen LogP contribution in [-0.2, 0) is 25.0 Å². The number of hydrogen-bond donors (Lipinski definition) is 2. The predicted molar refractivity (Wildman–Crippen MR) is 181 cm³/mol. The lowest BCUT2D eigenvalue weighted by Crippen LogP contribution is -2.42. The third kappa shape index (κ3) is 7.68. The fourth-order valence-electron chi connectivity index (χ4n) is 6.80. The smallest absolute Gasteiger partial charge is 0.321 e. The van der Waals surface area contributed by atoms with Crippen LogP contribution in [0.2, 0.25) is 0 Å². The number of carbonyl (C=O) groups excluding carboxylic acids is 1. The fourth-order valence-corrected chi connectivity index (χ4v) is 6.80. The quantitative estimate of drug-likeness (QED) is 0.199. The standard InChI is InChI=1S/C38H51N3O5/c1-26-19-31(40(20-32-23-44-32)21-33-24-45-33)15-16-35(26)38(4,5)29-9-7-27(8-10-29)37(2,3)28-11-13-30(14-12-28)41(22-34-25-46-34)36(43)39-17-6-18-42/h7-16,26,32-34,42H,6,17-25H2,1-5H3,(H,39,43). The summed E-state index contributed by atoms with van der Waals surface area (Å²) in [6, 6.07) is 17.3. The minimum Gasteiger partial charge on any atom is -0.396 e. The summed E-state index contributed by atoms with van der Waals surface area (Å²) < 4.78 is 16.5.